The van der Waals surface area contributed by atoms with Gasteiger partial charge in [0.05, 0.1) is 30.1 Å². The molecule has 0 amide bonds. The van der Waals surface area contributed by atoms with E-state index in [0.717, 1.165) is 18.2 Å². The van der Waals surface area contributed by atoms with Crippen LogP contribution in [-0.2, 0) is 16.1 Å². The molecule has 1 aromatic heterocycles. The van der Waals surface area contributed by atoms with E-state index in [9.17, 15) is 15.0 Å². The number of hydrogen-bond acceptors (Lipinski definition) is 6. The van der Waals surface area contributed by atoms with Crippen LogP contribution in [0.2, 0.25) is 0 Å². The van der Waals surface area contributed by atoms with Crippen LogP contribution in [0.25, 0.3) is 22.1 Å². The van der Waals surface area contributed by atoms with Gasteiger partial charge in [0, 0.05) is 37.7 Å². The molecule has 2 atom stereocenters. The maximum atomic E-state index is 11.9. The van der Waals surface area contributed by atoms with E-state index in [1.165, 1.54) is 6.26 Å². The summed E-state index contributed by atoms with van der Waals surface area (Å²) in [6.45, 7) is 2.63. The van der Waals surface area contributed by atoms with E-state index in [1.54, 1.807) is 31.4 Å². The van der Waals surface area contributed by atoms with Crippen molar-refractivity contribution in [2.24, 2.45) is 0 Å². The summed E-state index contributed by atoms with van der Waals surface area (Å²) in [6.07, 6.45) is 7.22. The maximum absolute atomic E-state index is 11.9. The lowest BCUT2D eigenvalue weighted by Crippen LogP contribution is -2.39. The lowest BCUT2D eigenvalue weighted by Gasteiger charge is -2.36. The Kier molecular flexibility index (Phi) is 6.83. The highest BCUT2D eigenvalue weighted by Crippen LogP contribution is 2.37. The highest BCUT2D eigenvalue weighted by atomic mass is 16.5. The van der Waals surface area contributed by atoms with Gasteiger partial charge in [-0.05, 0) is 60.2 Å². The number of benzene rings is 2. The Balaban J connectivity index is 1.61. The van der Waals surface area contributed by atoms with Crippen molar-refractivity contribution in [1.82, 2.24) is 0 Å². The SMILES string of the molecule is COC1(C=CCOc2ccc3c(-c4ccco4)c(CO)c(C(=O)O)cc3c2)CCOC(C)C1. The van der Waals surface area contributed by atoms with E-state index in [-0.39, 0.29) is 17.3 Å². The Morgan fingerprint density at radius 3 is 2.82 bits per heavy atom. The van der Waals surface area contributed by atoms with E-state index >= 15 is 0 Å². The number of rotatable bonds is 8. The minimum absolute atomic E-state index is 0.0316. The van der Waals surface area contributed by atoms with Gasteiger partial charge in [-0.15, -0.1) is 0 Å². The molecule has 1 aliphatic heterocycles. The highest BCUT2D eigenvalue weighted by Gasteiger charge is 2.33. The first kappa shape index (κ1) is 23.0. The molecular formula is C26H28O7. The van der Waals surface area contributed by atoms with Crippen LogP contribution in [0.4, 0.5) is 0 Å². The van der Waals surface area contributed by atoms with Crippen LogP contribution in [0.1, 0.15) is 35.7 Å². The van der Waals surface area contributed by atoms with E-state index < -0.39 is 12.6 Å². The predicted octanol–water partition coefficient (Wildman–Crippen LogP) is 4.81. The number of methoxy groups -OCH3 is 1. The summed E-state index contributed by atoms with van der Waals surface area (Å²) in [5.41, 5.74) is 0.570. The van der Waals surface area contributed by atoms with Crippen LogP contribution in [0, 0.1) is 0 Å². The lowest BCUT2D eigenvalue weighted by atomic mass is 9.90. The first-order valence-corrected chi connectivity index (χ1v) is 10.9. The molecule has 7 heteroatoms. The van der Waals surface area contributed by atoms with Crippen molar-refractivity contribution >= 4 is 16.7 Å². The first-order valence-electron chi connectivity index (χ1n) is 10.9. The van der Waals surface area contributed by atoms with Gasteiger partial charge in [0.1, 0.15) is 18.1 Å². The molecule has 33 heavy (non-hydrogen) atoms. The summed E-state index contributed by atoms with van der Waals surface area (Å²) >= 11 is 0. The standard InChI is InChI=1S/C26H28O7/c1-17-15-26(30-2,9-12-31-17)8-4-11-32-19-6-7-20-18(13-19)14-21(25(28)29)22(16-27)24(20)23-5-3-10-33-23/h3-8,10,13-14,17,27H,9,11-12,15-16H2,1-2H3,(H,28,29). The number of aromatic carboxylic acids is 1. The van der Waals surface area contributed by atoms with Crippen molar-refractivity contribution in [2.45, 2.75) is 38.1 Å². The second-order valence-electron chi connectivity index (χ2n) is 8.22. The van der Waals surface area contributed by atoms with Gasteiger partial charge in [-0.2, -0.15) is 0 Å². The number of ether oxygens (including phenoxy) is 3. The first-order chi connectivity index (χ1) is 16.0. The van der Waals surface area contributed by atoms with Gasteiger partial charge < -0.3 is 28.8 Å². The van der Waals surface area contributed by atoms with E-state index in [0.29, 0.717) is 41.2 Å². The summed E-state index contributed by atoms with van der Waals surface area (Å²) in [4.78, 5) is 11.9. The number of aliphatic hydroxyl groups is 1. The van der Waals surface area contributed by atoms with Crippen molar-refractivity contribution in [3.8, 4) is 17.1 Å². The summed E-state index contributed by atoms with van der Waals surface area (Å²) in [6, 6.07) is 10.5. The van der Waals surface area contributed by atoms with Gasteiger partial charge in [0.2, 0.25) is 0 Å². The summed E-state index contributed by atoms with van der Waals surface area (Å²) in [7, 11) is 1.71. The quantitative estimate of drug-likeness (QED) is 0.473. The topological polar surface area (TPSA) is 98.4 Å². The van der Waals surface area contributed by atoms with Crippen molar-refractivity contribution in [3.63, 3.8) is 0 Å². The molecule has 0 spiro atoms. The van der Waals surface area contributed by atoms with Crippen LogP contribution < -0.4 is 4.74 Å². The molecular weight excluding hydrogens is 424 g/mol. The fourth-order valence-electron chi connectivity index (χ4n) is 4.47. The molecule has 2 N–H and O–H groups in total. The Hall–Kier alpha value is -3.13. The van der Waals surface area contributed by atoms with Crippen molar-refractivity contribution in [1.29, 1.82) is 0 Å². The van der Waals surface area contributed by atoms with E-state index in [4.69, 9.17) is 18.6 Å². The molecule has 2 aromatic carbocycles. The largest absolute Gasteiger partial charge is 0.490 e. The van der Waals surface area contributed by atoms with Gasteiger partial charge in [-0.3, -0.25) is 0 Å². The Morgan fingerprint density at radius 2 is 2.15 bits per heavy atom. The van der Waals surface area contributed by atoms with Crippen molar-refractivity contribution in [2.75, 3.05) is 20.3 Å². The Morgan fingerprint density at radius 1 is 1.30 bits per heavy atom. The zero-order valence-electron chi connectivity index (χ0n) is 18.7. The predicted molar refractivity (Wildman–Crippen MR) is 124 cm³/mol. The van der Waals surface area contributed by atoms with Gasteiger partial charge >= 0.3 is 5.97 Å². The maximum Gasteiger partial charge on any atom is 0.336 e. The summed E-state index contributed by atoms with van der Waals surface area (Å²) < 4.78 is 22.8. The number of carboxylic acids is 1. The third-order valence-electron chi connectivity index (χ3n) is 6.11. The van der Waals surface area contributed by atoms with Gasteiger partial charge in [0.15, 0.2) is 0 Å². The molecule has 0 aliphatic carbocycles. The number of hydrogen-bond donors (Lipinski definition) is 2. The van der Waals surface area contributed by atoms with Crippen LogP contribution >= 0.6 is 0 Å². The molecule has 1 aliphatic rings. The number of furan rings is 1. The fourth-order valence-corrected chi connectivity index (χ4v) is 4.47. The van der Waals surface area contributed by atoms with Crippen molar-refractivity contribution < 1.29 is 33.6 Å². The molecule has 1 fully saturated rings. The average Bonchev–Trinajstić information content (AvgIpc) is 3.35. The van der Waals surface area contributed by atoms with Crippen LogP contribution in [-0.4, -0.2) is 48.2 Å². The molecule has 174 valence electrons. The van der Waals surface area contributed by atoms with Crippen molar-refractivity contribution in [3.05, 3.63) is 65.9 Å². The zero-order valence-corrected chi connectivity index (χ0v) is 18.7. The molecule has 0 saturated carbocycles. The van der Waals surface area contributed by atoms with Crippen LogP contribution in [0.3, 0.4) is 0 Å². The Labute approximate surface area is 192 Å². The molecule has 3 aromatic rings. The third kappa shape index (κ3) is 4.80. The van der Waals surface area contributed by atoms with Crippen LogP contribution in [0.15, 0.2) is 59.2 Å². The number of aliphatic hydroxyl groups excluding tert-OH is 1. The van der Waals surface area contributed by atoms with Gasteiger partial charge in [0.25, 0.3) is 0 Å². The van der Waals surface area contributed by atoms with Gasteiger partial charge in [-0.1, -0.05) is 6.08 Å². The minimum Gasteiger partial charge on any atom is -0.490 e. The van der Waals surface area contributed by atoms with Crippen LogP contribution in [0.5, 0.6) is 5.75 Å². The smallest absolute Gasteiger partial charge is 0.336 e. The normalized spacial score (nSPS) is 21.0. The molecule has 2 heterocycles. The Bertz CT molecular complexity index is 1150. The molecule has 1 saturated heterocycles. The second kappa shape index (κ2) is 9.79. The second-order valence-corrected chi connectivity index (χ2v) is 8.22. The average molecular weight is 453 g/mol. The molecule has 7 nitrogen and oxygen atoms in total. The third-order valence-corrected chi connectivity index (χ3v) is 6.11. The van der Waals surface area contributed by atoms with E-state index in [1.807, 2.05) is 31.2 Å². The molecule has 0 radical (unpaired) electrons. The number of carboxylic acid groups (broad SMARTS) is 1. The van der Waals surface area contributed by atoms with Gasteiger partial charge in [-0.25, -0.2) is 4.79 Å². The summed E-state index contributed by atoms with van der Waals surface area (Å²) in [5, 5.41) is 21.1. The minimum atomic E-state index is -1.11. The fraction of sp³-hybridized carbons (Fsp3) is 0.346. The highest BCUT2D eigenvalue weighted by molar-refractivity contribution is 6.04. The number of carbonyl (C=O) groups is 1. The van der Waals surface area contributed by atoms with E-state index in [2.05, 4.69) is 0 Å². The molecule has 0 bridgehead atoms. The zero-order chi connectivity index (χ0) is 23.4. The lowest BCUT2D eigenvalue weighted by molar-refractivity contribution is -0.0909. The molecule has 4 rings (SSSR count). The summed E-state index contributed by atoms with van der Waals surface area (Å²) in [5.74, 6) is -0.00434. The monoisotopic (exact) mass is 452 g/mol. The molecule has 2 unspecified atom stereocenters. The number of fused-ring (bicyclic) bond motifs is 1.